The zero-order valence-corrected chi connectivity index (χ0v) is 38.5. The van der Waals surface area contributed by atoms with Gasteiger partial charge in [-0.05, 0) is 50.8 Å². The number of carbonyl (C=O) groups is 6. The minimum Gasteiger partial charge on any atom is -0.481 e. The molecule has 3 saturated carbocycles. The van der Waals surface area contributed by atoms with Crippen LogP contribution in [0.2, 0.25) is 0 Å². The van der Waals surface area contributed by atoms with Gasteiger partial charge in [0.15, 0.2) is 5.60 Å². The van der Waals surface area contributed by atoms with E-state index in [1.54, 1.807) is 90.1 Å². The Bertz CT molecular complexity index is 2130. The largest absolute Gasteiger partial charge is 0.481 e. The van der Waals surface area contributed by atoms with Crippen LogP contribution in [0.5, 0.6) is 0 Å². The molecule has 4 aliphatic rings. The maximum Gasteiger partial charge on any atom is 0.408 e. The van der Waals surface area contributed by atoms with Gasteiger partial charge in [0.05, 0.1) is 36.4 Å². The maximum absolute atomic E-state index is 14.9. The van der Waals surface area contributed by atoms with E-state index in [0.717, 1.165) is 6.92 Å². The summed E-state index contributed by atoms with van der Waals surface area (Å²) in [6.07, 6.45) is -13.9. The van der Waals surface area contributed by atoms with Gasteiger partial charge in [-0.2, -0.15) is 0 Å². The number of rotatable bonds is 13. The molecule has 1 aliphatic heterocycles. The molecule has 1 heterocycles. The van der Waals surface area contributed by atoms with Crippen molar-refractivity contribution in [2.24, 2.45) is 28.6 Å². The lowest BCUT2D eigenvalue weighted by molar-refractivity contribution is -0.379. The number of amides is 1. The molecular formula is C48H63NO17. The van der Waals surface area contributed by atoms with E-state index < -0.39 is 143 Å². The highest BCUT2D eigenvalue weighted by Crippen LogP contribution is 2.66. The molecule has 6 rings (SSSR count). The first-order valence-corrected chi connectivity index (χ1v) is 22.3. The predicted octanol–water partition coefficient (Wildman–Crippen LogP) is 3.79. The highest BCUT2D eigenvalue weighted by atomic mass is 16.6. The first-order chi connectivity index (χ1) is 30.8. The number of ether oxygens (including phenoxy) is 6. The van der Waals surface area contributed by atoms with Crippen LogP contribution < -0.4 is 5.32 Å². The minimum absolute atomic E-state index is 0.0729. The Balaban J connectivity index is 1.49. The number of aliphatic hydroxyl groups excluding tert-OH is 3. The third kappa shape index (κ3) is 9.39. The Morgan fingerprint density at radius 1 is 0.909 bits per heavy atom. The smallest absolute Gasteiger partial charge is 0.408 e. The molecule has 18 nitrogen and oxygen atoms in total. The second kappa shape index (κ2) is 18.9. The van der Waals surface area contributed by atoms with E-state index in [1.165, 1.54) is 19.1 Å². The number of nitrogens with one attached hydrogen (secondary N) is 1. The number of carbonyl (C=O) groups excluding carboxylic acids is 5. The second-order valence-corrected chi connectivity index (χ2v) is 20.0. The van der Waals surface area contributed by atoms with E-state index in [2.05, 4.69) is 5.32 Å². The van der Waals surface area contributed by atoms with E-state index in [-0.39, 0.29) is 37.0 Å². The lowest BCUT2D eigenvalue weighted by Gasteiger charge is -2.70. The number of carboxylic acids is 1. The quantitative estimate of drug-likeness (QED) is 0.123. The molecule has 0 spiro atoms. The van der Waals surface area contributed by atoms with Crippen LogP contribution in [0, 0.1) is 28.6 Å². The molecule has 2 aromatic rings. The molecule has 1 unspecified atom stereocenters. The average Bonchev–Trinajstić information content (AvgIpc) is 3.23. The van der Waals surface area contributed by atoms with Gasteiger partial charge in [0.1, 0.15) is 35.6 Å². The molecule has 2 aromatic carbocycles. The Labute approximate surface area is 383 Å². The summed E-state index contributed by atoms with van der Waals surface area (Å²) >= 11 is 0. The Hall–Kier alpha value is -5.14. The van der Waals surface area contributed by atoms with Gasteiger partial charge in [0.2, 0.25) is 6.10 Å². The lowest BCUT2D eigenvalue weighted by Crippen LogP contribution is -2.83. The number of hydrogen-bond acceptors (Lipinski definition) is 16. The summed E-state index contributed by atoms with van der Waals surface area (Å²) in [5, 5.41) is 62.6. The molecule has 6 N–H and O–H groups in total. The summed E-state index contributed by atoms with van der Waals surface area (Å²) in [7, 11) is 0. The lowest BCUT2D eigenvalue weighted by atomic mass is 9.42. The van der Waals surface area contributed by atoms with Gasteiger partial charge in [-0.1, -0.05) is 76.2 Å². The van der Waals surface area contributed by atoms with Crippen molar-refractivity contribution in [1.29, 1.82) is 0 Å². The number of hydrogen-bond donors (Lipinski definition) is 6. The number of aliphatic hydroxyl groups is 4. The molecule has 0 aromatic heterocycles. The van der Waals surface area contributed by atoms with Crippen molar-refractivity contribution in [3.05, 3.63) is 71.8 Å². The first kappa shape index (κ1) is 50.3. The Morgan fingerprint density at radius 2 is 1.53 bits per heavy atom. The molecule has 18 heteroatoms. The Morgan fingerprint density at radius 3 is 2.09 bits per heavy atom. The van der Waals surface area contributed by atoms with E-state index in [0.29, 0.717) is 0 Å². The van der Waals surface area contributed by atoms with E-state index >= 15 is 0 Å². The third-order valence-corrected chi connectivity index (χ3v) is 14.4. The van der Waals surface area contributed by atoms with Crippen LogP contribution in [-0.2, 0) is 47.6 Å². The number of aliphatic carboxylic acids is 1. The van der Waals surface area contributed by atoms with Gasteiger partial charge in [-0.15, -0.1) is 0 Å². The van der Waals surface area contributed by atoms with Gasteiger partial charge in [-0.25, -0.2) is 14.4 Å². The summed E-state index contributed by atoms with van der Waals surface area (Å²) < 4.78 is 36.0. The van der Waals surface area contributed by atoms with Crippen LogP contribution in [-0.4, -0.2) is 128 Å². The normalized spacial score (nSPS) is 34.2. The predicted molar refractivity (Wildman–Crippen MR) is 230 cm³/mol. The SMILES string of the molecule is CC(=O)O[C@@]12CO[C@@H]1C[C@H](O)[C@@]1(C)[C@H](O)[C@H](O)[C@@H]3C(C)[C@@H](OC(=O)[C@H](OC(=O)CCCC(=O)O)[C@@H](NC(=O)OC(C)(C)C)c4ccccc4)C[C@@](O)([C@@H](OC(=O)c4ccccc4)[C@H]21)C3(C)C. The molecule has 1 amide bonds. The topological polar surface area (TPSA) is 271 Å². The fourth-order valence-electron chi connectivity index (χ4n) is 11.1. The molecule has 1 saturated heterocycles. The summed E-state index contributed by atoms with van der Waals surface area (Å²) in [6, 6.07) is 14.4. The van der Waals surface area contributed by atoms with Crippen molar-refractivity contribution in [1.82, 2.24) is 5.32 Å². The van der Waals surface area contributed by atoms with Gasteiger partial charge in [0, 0.05) is 49.4 Å². The standard InChI is InChI=1S/C48H63NO17/c1-25-29(62-42(58)37(63-33(54)21-15-20-32(52)53)35(27-16-11-9-12-17-27)49-43(59)66-44(3,4)5)23-48(60)40(64-41(57)28-18-13-10-14-19-28)38-46(8,39(56)36(55)34(25)45(48,6)7)30(51)22-31-47(38,24-61-31)65-26(2)50/h9-14,16-19,25,29-31,34-40,51,55-56,60H,15,20-24H2,1-8H3,(H,49,59)(H,52,53)/t25?,29-,30-,31+,34-,35-,36+,37+,38-,39+,40-,46+,47-,48+/m0/s1. The van der Waals surface area contributed by atoms with Gasteiger partial charge in [0.25, 0.3) is 0 Å². The zero-order valence-electron chi connectivity index (χ0n) is 38.5. The van der Waals surface area contributed by atoms with Crippen molar-refractivity contribution >= 4 is 35.9 Å². The summed E-state index contributed by atoms with van der Waals surface area (Å²) in [5.41, 5.74) is -8.11. The van der Waals surface area contributed by atoms with Crippen molar-refractivity contribution in [3.63, 3.8) is 0 Å². The third-order valence-electron chi connectivity index (χ3n) is 14.4. The molecule has 66 heavy (non-hydrogen) atoms. The first-order valence-electron chi connectivity index (χ1n) is 22.3. The van der Waals surface area contributed by atoms with E-state index in [1.807, 2.05) is 0 Å². The average molecular weight is 926 g/mol. The van der Waals surface area contributed by atoms with Gasteiger partial charge in [-0.3, -0.25) is 14.4 Å². The van der Waals surface area contributed by atoms with Crippen LogP contribution in [0.1, 0.15) is 109 Å². The summed E-state index contributed by atoms with van der Waals surface area (Å²) in [6.45, 7) is 12.1. The molecular weight excluding hydrogens is 863 g/mol. The molecule has 0 radical (unpaired) electrons. The molecule has 14 atom stereocenters. The summed E-state index contributed by atoms with van der Waals surface area (Å²) in [4.78, 5) is 80.4. The molecule has 3 aliphatic carbocycles. The van der Waals surface area contributed by atoms with Crippen LogP contribution >= 0.6 is 0 Å². The number of alkyl carbamates (subject to hydrolysis) is 1. The van der Waals surface area contributed by atoms with Crippen LogP contribution in [0.25, 0.3) is 0 Å². The van der Waals surface area contributed by atoms with Crippen LogP contribution in [0.3, 0.4) is 0 Å². The number of benzene rings is 2. The van der Waals surface area contributed by atoms with Gasteiger partial charge < -0.3 is 59.3 Å². The van der Waals surface area contributed by atoms with Crippen LogP contribution in [0.15, 0.2) is 60.7 Å². The monoisotopic (exact) mass is 925 g/mol. The van der Waals surface area contributed by atoms with E-state index in [4.69, 9.17) is 28.4 Å². The fraction of sp³-hybridized carbons (Fsp3) is 0.625. The van der Waals surface area contributed by atoms with Crippen molar-refractivity contribution in [2.75, 3.05) is 6.61 Å². The highest BCUT2D eigenvalue weighted by Gasteiger charge is 2.79. The van der Waals surface area contributed by atoms with E-state index in [9.17, 15) is 54.3 Å². The van der Waals surface area contributed by atoms with Crippen LogP contribution in [0.4, 0.5) is 4.79 Å². The maximum atomic E-state index is 14.9. The molecule has 362 valence electrons. The van der Waals surface area contributed by atoms with Crippen molar-refractivity contribution in [2.45, 2.75) is 153 Å². The number of esters is 4. The summed E-state index contributed by atoms with van der Waals surface area (Å²) in [5.74, 6) is -8.69. The van der Waals surface area contributed by atoms with Crippen molar-refractivity contribution < 1.29 is 82.7 Å². The Kier molecular flexibility index (Phi) is 14.4. The van der Waals surface area contributed by atoms with Gasteiger partial charge >= 0.3 is 35.9 Å². The number of fused-ring (bicyclic) bond motifs is 5. The minimum atomic E-state index is -2.35. The van der Waals surface area contributed by atoms with Crippen molar-refractivity contribution in [3.8, 4) is 0 Å². The highest BCUT2D eigenvalue weighted by molar-refractivity contribution is 5.89. The molecule has 2 bridgehead atoms. The number of carboxylic acid groups (broad SMARTS) is 1. The molecule has 4 fully saturated rings. The zero-order chi connectivity index (χ0) is 48.7. The fourth-order valence-corrected chi connectivity index (χ4v) is 11.1. The second-order valence-electron chi connectivity index (χ2n) is 20.0.